The molecule has 134 valence electrons. The summed E-state index contributed by atoms with van der Waals surface area (Å²) in [6.45, 7) is -0.202. The van der Waals surface area contributed by atoms with E-state index >= 15 is 0 Å². The molecule has 2 amide bonds. The van der Waals surface area contributed by atoms with E-state index in [1.807, 2.05) is 12.2 Å². The fourth-order valence-electron chi connectivity index (χ4n) is 3.92. The molecule has 0 N–H and O–H groups in total. The lowest BCUT2D eigenvalue weighted by molar-refractivity contribution is -0.384. The van der Waals surface area contributed by atoms with Crippen LogP contribution in [0, 0.1) is 33.8 Å². The van der Waals surface area contributed by atoms with Crippen LogP contribution >= 0.6 is 0 Å². The van der Waals surface area contributed by atoms with Gasteiger partial charge in [-0.15, -0.1) is 0 Å². The maximum atomic E-state index is 12.4. The molecular formula is C17H14N2O7. The van der Waals surface area contributed by atoms with Crippen molar-refractivity contribution in [3.8, 4) is 0 Å². The molecule has 0 aromatic heterocycles. The molecule has 1 aromatic carbocycles. The molecule has 1 aromatic rings. The van der Waals surface area contributed by atoms with Gasteiger partial charge < -0.3 is 4.74 Å². The molecule has 9 heteroatoms. The van der Waals surface area contributed by atoms with Crippen molar-refractivity contribution in [2.24, 2.45) is 23.7 Å². The fourth-order valence-corrected chi connectivity index (χ4v) is 3.92. The first kappa shape index (κ1) is 16.2. The van der Waals surface area contributed by atoms with Crippen molar-refractivity contribution in [2.75, 3.05) is 0 Å². The number of carbonyl (C=O) groups excluding carboxylic acids is 3. The maximum Gasteiger partial charge on any atom is 0.534 e. The van der Waals surface area contributed by atoms with Crippen molar-refractivity contribution in [1.82, 2.24) is 5.06 Å². The minimum atomic E-state index is -1.18. The summed E-state index contributed by atoms with van der Waals surface area (Å²) in [7, 11) is 0. The number of imide groups is 1. The highest BCUT2D eigenvalue weighted by Gasteiger charge is 2.61. The van der Waals surface area contributed by atoms with Crippen molar-refractivity contribution in [3.05, 3.63) is 52.1 Å². The van der Waals surface area contributed by atoms with E-state index in [9.17, 15) is 24.5 Å². The molecule has 2 fully saturated rings. The third kappa shape index (κ3) is 2.52. The number of carbonyl (C=O) groups is 3. The van der Waals surface area contributed by atoms with Gasteiger partial charge in [0.2, 0.25) is 0 Å². The minimum absolute atomic E-state index is 0.0196. The van der Waals surface area contributed by atoms with E-state index in [2.05, 4.69) is 0 Å². The summed E-state index contributed by atoms with van der Waals surface area (Å²) < 4.78 is 4.89. The number of allylic oxidation sites excluding steroid dienone is 2. The molecule has 0 radical (unpaired) electrons. The quantitative estimate of drug-likeness (QED) is 0.265. The zero-order valence-corrected chi connectivity index (χ0v) is 13.4. The second kappa shape index (κ2) is 5.94. The van der Waals surface area contributed by atoms with Crippen LogP contribution in [0.1, 0.15) is 12.0 Å². The summed E-state index contributed by atoms with van der Waals surface area (Å²) in [5.74, 6) is -1.90. The van der Waals surface area contributed by atoms with Crippen LogP contribution in [0.3, 0.4) is 0 Å². The highest BCUT2D eigenvalue weighted by atomic mass is 16.8. The Kier molecular flexibility index (Phi) is 3.71. The van der Waals surface area contributed by atoms with E-state index in [-0.39, 0.29) is 24.1 Å². The molecule has 0 spiro atoms. The molecule has 1 saturated heterocycles. The first-order valence-corrected chi connectivity index (χ1v) is 8.10. The smallest absolute Gasteiger partial charge is 0.428 e. The Morgan fingerprint density at radius 2 is 1.69 bits per heavy atom. The summed E-state index contributed by atoms with van der Waals surface area (Å²) in [6.07, 6.45) is 3.48. The number of ether oxygens (including phenoxy) is 1. The zero-order valence-electron chi connectivity index (χ0n) is 13.4. The van der Waals surface area contributed by atoms with Gasteiger partial charge in [-0.3, -0.25) is 24.5 Å². The summed E-state index contributed by atoms with van der Waals surface area (Å²) in [5.41, 5.74) is 0.421. The standard InChI is InChI=1S/C17H14N2O7/c20-15-13-10-3-4-11(7-10)14(13)16(21)18(15)26-17(22)25-8-9-1-5-12(6-2-9)19(23)24/h1-6,10-11,13-14H,7-8H2/t10-,11+,13?,14?. The van der Waals surface area contributed by atoms with Gasteiger partial charge in [0.25, 0.3) is 17.5 Å². The first-order chi connectivity index (χ1) is 12.5. The van der Waals surface area contributed by atoms with Gasteiger partial charge in [0.1, 0.15) is 6.61 Å². The van der Waals surface area contributed by atoms with Crippen LogP contribution < -0.4 is 0 Å². The summed E-state index contributed by atoms with van der Waals surface area (Å²) in [4.78, 5) is 51.4. The van der Waals surface area contributed by atoms with Crippen molar-refractivity contribution < 1.29 is 28.9 Å². The van der Waals surface area contributed by atoms with Gasteiger partial charge in [0.15, 0.2) is 0 Å². The molecule has 9 nitrogen and oxygen atoms in total. The summed E-state index contributed by atoms with van der Waals surface area (Å²) >= 11 is 0. The largest absolute Gasteiger partial charge is 0.534 e. The van der Waals surface area contributed by atoms with Crippen LogP contribution in [0.15, 0.2) is 36.4 Å². The Morgan fingerprint density at radius 1 is 1.12 bits per heavy atom. The lowest BCUT2D eigenvalue weighted by Crippen LogP contribution is -2.35. The van der Waals surface area contributed by atoms with E-state index in [1.165, 1.54) is 24.3 Å². The molecule has 1 heterocycles. The van der Waals surface area contributed by atoms with Crippen molar-refractivity contribution >= 4 is 23.7 Å². The number of hydrogen-bond acceptors (Lipinski definition) is 7. The lowest BCUT2D eigenvalue weighted by atomic mass is 9.85. The first-order valence-electron chi connectivity index (χ1n) is 8.10. The van der Waals surface area contributed by atoms with E-state index in [0.29, 0.717) is 10.6 Å². The van der Waals surface area contributed by atoms with Gasteiger partial charge in [-0.25, -0.2) is 4.79 Å². The maximum absolute atomic E-state index is 12.4. The predicted molar refractivity (Wildman–Crippen MR) is 83.9 cm³/mol. The number of amides is 2. The monoisotopic (exact) mass is 358 g/mol. The Balaban J connectivity index is 1.35. The number of nitro benzene ring substituents is 1. The minimum Gasteiger partial charge on any atom is -0.428 e. The molecular weight excluding hydrogens is 344 g/mol. The highest BCUT2D eigenvalue weighted by Crippen LogP contribution is 2.52. The number of non-ortho nitro benzene ring substituents is 1. The fraction of sp³-hybridized carbons (Fsp3) is 0.353. The third-order valence-electron chi connectivity index (χ3n) is 5.10. The van der Waals surface area contributed by atoms with Gasteiger partial charge in [-0.05, 0) is 36.0 Å². The van der Waals surface area contributed by atoms with Gasteiger partial charge >= 0.3 is 6.16 Å². The van der Waals surface area contributed by atoms with Crippen molar-refractivity contribution in [3.63, 3.8) is 0 Å². The Hall–Kier alpha value is -3.23. The molecule has 1 saturated carbocycles. The number of rotatable bonds is 4. The van der Waals surface area contributed by atoms with Gasteiger partial charge in [-0.1, -0.05) is 17.2 Å². The normalized spacial score (nSPS) is 28.4. The SMILES string of the molecule is O=C(OCc1ccc([N+](=O)[O-])cc1)ON1C(=O)C2C(C1=O)[C@H]1C=C[C@@H]2C1. The van der Waals surface area contributed by atoms with E-state index in [4.69, 9.17) is 9.57 Å². The zero-order chi connectivity index (χ0) is 18.4. The molecule has 1 aliphatic heterocycles. The van der Waals surface area contributed by atoms with Crippen molar-refractivity contribution in [1.29, 1.82) is 0 Å². The van der Waals surface area contributed by atoms with Gasteiger partial charge in [0, 0.05) is 12.1 Å². The Bertz CT molecular complexity index is 802. The van der Waals surface area contributed by atoms with Crippen LogP contribution in [0.25, 0.3) is 0 Å². The number of nitro groups is 1. The Morgan fingerprint density at radius 3 is 2.23 bits per heavy atom. The van der Waals surface area contributed by atoms with Gasteiger partial charge in [-0.2, -0.15) is 0 Å². The topological polar surface area (TPSA) is 116 Å². The summed E-state index contributed by atoms with van der Waals surface area (Å²) in [5, 5.41) is 11.1. The molecule has 2 unspecified atom stereocenters. The molecule has 3 aliphatic rings. The average molecular weight is 358 g/mol. The average Bonchev–Trinajstić information content (AvgIpc) is 3.30. The third-order valence-corrected chi connectivity index (χ3v) is 5.10. The van der Waals surface area contributed by atoms with E-state index in [0.717, 1.165) is 6.42 Å². The van der Waals surface area contributed by atoms with E-state index < -0.39 is 34.7 Å². The second-order valence-electron chi connectivity index (χ2n) is 6.52. The molecule has 4 atom stereocenters. The van der Waals surface area contributed by atoms with Crippen LogP contribution in [-0.4, -0.2) is 28.0 Å². The van der Waals surface area contributed by atoms with Crippen LogP contribution in [0.2, 0.25) is 0 Å². The number of nitrogens with zero attached hydrogens (tertiary/aromatic N) is 2. The molecule has 2 aliphatic carbocycles. The second-order valence-corrected chi connectivity index (χ2v) is 6.52. The highest BCUT2D eigenvalue weighted by molar-refractivity contribution is 6.05. The lowest BCUT2D eigenvalue weighted by Gasteiger charge is -2.15. The van der Waals surface area contributed by atoms with Crippen LogP contribution in [-0.2, 0) is 25.8 Å². The number of benzene rings is 1. The number of fused-ring (bicyclic) bond motifs is 5. The number of hydroxylamine groups is 2. The Labute approximate surface area is 147 Å². The van der Waals surface area contributed by atoms with E-state index in [1.54, 1.807) is 0 Å². The van der Waals surface area contributed by atoms with Crippen LogP contribution in [0.4, 0.5) is 10.5 Å². The summed E-state index contributed by atoms with van der Waals surface area (Å²) in [6, 6.07) is 5.43. The van der Waals surface area contributed by atoms with Gasteiger partial charge in [0.05, 0.1) is 16.8 Å². The molecule has 26 heavy (non-hydrogen) atoms. The molecule has 2 bridgehead atoms. The van der Waals surface area contributed by atoms with Crippen molar-refractivity contribution in [2.45, 2.75) is 13.0 Å². The van der Waals surface area contributed by atoms with Crippen LogP contribution in [0.5, 0.6) is 0 Å². The number of hydrogen-bond donors (Lipinski definition) is 0. The molecule has 4 rings (SSSR count). The predicted octanol–water partition coefficient (Wildman–Crippen LogP) is 1.97.